The Morgan fingerprint density at radius 1 is 0.947 bits per heavy atom. The van der Waals surface area contributed by atoms with Gasteiger partial charge in [-0.3, -0.25) is 0 Å². The van der Waals surface area contributed by atoms with Gasteiger partial charge in [-0.15, -0.1) is 0 Å². The lowest BCUT2D eigenvalue weighted by atomic mass is 10.1. The van der Waals surface area contributed by atoms with Crippen molar-refractivity contribution in [3.63, 3.8) is 0 Å². The van der Waals surface area contributed by atoms with Crippen molar-refractivity contribution in [3.8, 4) is 0 Å². The molecule has 0 unspecified atom stereocenters. The normalized spacial score (nSPS) is 10.7. The smallest absolute Gasteiger partial charge is 0.123 e. The van der Waals surface area contributed by atoms with E-state index in [2.05, 4.69) is 36.5 Å². The second kappa shape index (κ2) is 6.48. The fourth-order valence-corrected chi connectivity index (χ4v) is 2.19. The van der Waals surface area contributed by atoms with Crippen LogP contribution in [0.4, 0.5) is 4.39 Å². The van der Waals surface area contributed by atoms with E-state index in [1.807, 2.05) is 13.0 Å². The molecule has 0 bridgehead atoms. The quantitative estimate of drug-likeness (QED) is 0.804. The first kappa shape index (κ1) is 13.8. The molecule has 0 aromatic heterocycles. The number of benzene rings is 2. The highest BCUT2D eigenvalue weighted by atomic mass is 19.1. The van der Waals surface area contributed by atoms with Gasteiger partial charge in [0.15, 0.2) is 0 Å². The molecule has 0 saturated carbocycles. The van der Waals surface area contributed by atoms with Crippen molar-refractivity contribution < 1.29 is 4.39 Å². The van der Waals surface area contributed by atoms with Gasteiger partial charge in [0.05, 0.1) is 0 Å². The fraction of sp³-hybridized carbons (Fsp3) is 0.294. The summed E-state index contributed by atoms with van der Waals surface area (Å²) in [5.74, 6) is -0.158. The Hall–Kier alpha value is -1.67. The zero-order valence-corrected chi connectivity index (χ0v) is 11.5. The molecule has 0 fully saturated rings. The molecule has 0 spiro atoms. The molecular weight excluding hydrogens is 237 g/mol. The van der Waals surface area contributed by atoms with Crippen LogP contribution in [0.15, 0.2) is 42.5 Å². The zero-order chi connectivity index (χ0) is 13.7. The van der Waals surface area contributed by atoms with Crippen LogP contribution in [0.3, 0.4) is 0 Å². The van der Waals surface area contributed by atoms with Crippen LogP contribution >= 0.6 is 0 Å². The molecule has 2 rings (SSSR count). The largest absolute Gasteiger partial charge is 0.312 e. The number of aryl methyl sites for hydroxylation is 2. The van der Waals surface area contributed by atoms with Crippen molar-refractivity contribution >= 4 is 0 Å². The summed E-state index contributed by atoms with van der Waals surface area (Å²) in [6, 6.07) is 13.4. The van der Waals surface area contributed by atoms with Crippen molar-refractivity contribution in [1.29, 1.82) is 0 Å². The number of hydrogen-bond acceptors (Lipinski definition) is 1. The van der Waals surface area contributed by atoms with Crippen LogP contribution in [0.1, 0.15) is 22.3 Å². The highest BCUT2D eigenvalue weighted by Crippen LogP contribution is 2.10. The minimum atomic E-state index is -0.158. The highest BCUT2D eigenvalue weighted by molar-refractivity contribution is 5.27. The van der Waals surface area contributed by atoms with Gasteiger partial charge in [0.25, 0.3) is 0 Å². The second-order valence-electron chi connectivity index (χ2n) is 4.92. The van der Waals surface area contributed by atoms with Gasteiger partial charge in [-0.2, -0.15) is 0 Å². The molecule has 0 heterocycles. The maximum atomic E-state index is 13.0. The molecule has 100 valence electrons. The van der Waals surface area contributed by atoms with Crippen LogP contribution in [0.2, 0.25) is 0 Å². The van der Waals surface area contributed by atoms with Crippen molar-refractivity contribution in [1.82, 2.24) is 5.32 Å². The third kappa shape index (κ3) is 3.90. The van der Waals surface area contributed by atoms with E-state index in [0.717, 1.165) is 25.1 Å². The van der Waals surface area contributed by atoms with Gasteiger partial charge in [0.2, 0.25) is 0 Å². The summed E-state index contributed by atoms with van der Waals surface area (Å²) in [6.45, 7) is 5.87. The van der Waals surface area contributed by atoms with E-state index in [0.29, 0.717) is 0 Å². The Balaban J connectivity index is 1.83. The first-order valence-corrected chi connectivity index (χ1v) is 6.67. The second-order valence-corrected chi connectivity index (χ2v) is 4.92. The molecule has 0 radical (unpaired) electrons. The minimum absolute atomic E-state index is 0.158. The summed E-state index contributed by atoms with van der Waals surface area (Å²) >= 11 is 0. The van der Waals surface area contributed by atoms with E-state index in [-0.39, 0.29) is 5.82 Å². The van der Waals surface area contributed by atoms with E-state index in [1.54, 1.807) is 6.07 Å². The van der Waals surface area contributed by atoms with Crippen LogP contribution in [-0.4, -0.2) is 6.54 Å². The van der Waals surface area contributed by atoms with E-state index < -0.39 is 0 Å². The molecule has 0 atom stereocenters. The molecule has 0 aliphatic rings. The number of nitrogens with one attached hydrogen (secondary N) is 1. The van der Waals surface area contributed by atoms with E-state index in [1.165, 1.54) is 22.8 Å². The summed E-state index contributed by atoms with van der Waals surface area (Å²) in [6.07, 6.45) is 0.929. The summed E-state index contributed by atoms with van der Waals surface area (Å²) in [7, 11) is 0. The Labute approximate surface area is 114 Å². The maximum Gasteiger partial charge on any atom is 0.123 e. The van der Waals surface area contributed by atoms with Crippen LogP contribution in [0.25, 0.3) is 0 Å². The molecule has 2 aromatic carbocycles. The summed E-state index contributed by atoms with van der Waals surface area (Å²) in [5, 5.41) is 3.44. The minimum Gasteiger partial charge on any atom is -0.312 e. The van der Waals surface area contributed by atoms with Crippen molar-refractivity contribution in [2.24, 2.45) is 0 Å². The molecule has 1 nitrogen and oxygen atoms in total. The lowest BCUT2D eigenvalue weighted by molar-refractivity contribution is 0.624. The van der Waals surface area contributed by atoms with Crippen LogP contribution in [0.5, 0.6) is 0 Å². The molecule has 0 aliphatic carbocycles. The maximum absolute atomic E-state index is 13.0. The predicted molar refractivity (Wildman–Crippen MR) is 77.7 cm³/mol. The summed E-state index contributed by atoms with van der Waals surface area (Å²) in [4.78, 5) is 0. The fourth-order valence-electron chi connectivity index (χ4n) is 2.19. The Kier molecular flexibility index (Phi) is 4.69. The molecule has 2 heteroatoms. The topological polar surface area (TPSA) is 12.0 Å². The Morgan fingerprint density at radius 2 is 1.74 bits per heavy atom. The summed E-state index contributed by atoms with van der Waals surface area (Å²) in [5.41, 5.74) is 4.88. The lowest BCUT2D eigenvalue weighted by Gasteiger charge is -2.09. The van der Waals surface area contributed by atoms with Crippen molar-refractivity contribution in [3.05, 3.63) is 70.5 Å². The predicted octanol–water partition coefficient (Wildman–Crippen LogP) is 3.77. The van der Waals surface area contributed by atoms with Gasteiger partial charge >= 0.3 is 0 Å². The summed E-state index contributed by atoms with van der Waals surface area (Å²) < 4.78 is 13.0. The molecule has 2 aromatic rings. The Morgan fingerprint density at radius 3 is 2.47 bits per heavy atom. The van der Waals surface area contributed by atoms with Gasteiger partial charge in [-0.05, 0) is 61.2 Å². The SMILES string of the molecule is Cc1cc(F)ccc1CCNCc1ccccc1C. The number of rotatable bonds is 5. The molecule has 19 heavy (non-hydrogen) atoms. The van der Waals surface area contributed by atoms with E-state index >= 15 is 0 Å². The standard InChI is InChI=1S/C17H20FN/c1-13-5-3-4-6-16(13)12-19-10-9-15-7-8-17(18)11-14(15)2/h3-8,11,19H,9-10,12H2,1-2H3. The average molecular weight is 257 g/mol. The molecule has 0 amide bonds. The Bertz CT molecular complexity index is 549. The molecule has 0 saturated heterocycles. The molecule has 0 aliphatic heterocycles. The van der Waals surface area contributed by atoms with Crippen LogP contribution < -0.4 is 5.32 Å². The zero-order valence-electron chi connectivity index (χ0n) is 11.5. The lowest BCUT2D eigenvalue weighted by Crippen LogP contribution is -2.17. The third-order valence-corrected chi connectivity index (χ3v) is 3.45. The van der Waals surface area contributed by atoms with Gasteiger partial charge < -0.3 is 5.32 Å². The number of hydrogen-bond donors (Lipinski definition) is 1. The van der Waals surface area contributed by atoms with Gasteiger partial charge in [-0.25, -0.2) is 4.39 Å². The first-order valence-electron chi connectivity index (χ1n) is 6.67. The molecule has 1 N–H and O–H groups in total. The van der Waals surface area contributed by atoms with E-state index in [9.17, 15) is 4.39 Å². The van der Waals surface area contributed by atoms with Crippen molar-refractivity contribution in [2.45, 2.75) is 26.8 Å². The van der Waals surface area contributed by atoms with Gasteiger partial charge in [0.1, 0.15) is 5.82 Å². The average Bonchev–Trinajstić information content (AvgIpc) is 2.38. The van der Waals surface area contributed by atoms with Crippen molar-refractivity contribution in [2.75, 3.05) is 6.54 Å². The van der Waals surface area contributed by atoms with Gasteiger partial charge in [0, 0.05) is 6.54 Å². The first-order chi connectivity index (χ1) is 9.16. The number of halogens is 1. The van der Waals surface area contributed by atoms with E-state index in [4.69, 9.17) is 0 Å². The van der Waals surface area contributed by atoms with Crippen LogP contribution in [0, 0.1) is 19.7 Å². The van der Waals surface area contributed by atoms with Gasteiger partial charge in [-0.1, -0.05) is 30.3 Å². The van der Waals surface area contributed by atoms with Crippen LogP contribution in [-0.2, 0) is 13.0 Å². The highest BCUT2D eigenvalue weighted by Gasteiger charge is 2.00. The molecular formula is C17H20FN. The third-order valence-electron chi connectivity index (χ3n) is 3.45. The monoisotopic (exact) mass is 257 g/mol.